The molecule has 0 aromatic heterocycles. The summed E-state index contributed by atoms with van der Waals surface area (Å²) in [6.45, 7) is 10.5. The third-order valence-electron chi connectivity index (χ3n) is 4.44. The average Bonchev–Trinajstić information content (AvgIpc) is 2.53. The number of hydrogen-bond donors (Lipinski definition) is 0. The minimum Gasteiger partial charge on any atom is -0.399 e. The lowest BCUT2D eigenvalue weighted by Gasteiger charge is -2.32. The Morgan fingerprint density at radius 1 is 1.10 bits per heavy atom. The first kappa shape index (κ1) is 16.5. The first-order valence-electron chi connectivity index (χ1n) is 7.33. The van der Waals surface area contributed by atoms with E-state index in [-0.39, 0.29) is 5.82 Å². The quantitative estimate of drug-likeness (QED) is 0.799. The van der Waals surface area contributed by atoms with Gasteiger partial charge in [-0.2, -0.15) is 0 Å². The zero-order chi connectivity index (χ0) is 16.0. The minimum absolute atomic E-state index is 0.201. The second-order valence-corrected chi connectivity index (χ2v) is 7.12. The summed E-state index contributed by atoms with van der Waals surface area (Å²) in [5.74, 6) is -0.201. The molecular weight excluding hydrogens is 268 g/mol. The number of nitrogens with zero attached hydrogens (tertiary/aromatic N) is 1. The van der Waals surface area contributed by atoms with Gasteiger partial charge in [-0.25, -0.2) is 4.39 Å². The van der Waals surface area contributed by atoms with Crippen molar-refractivity contribution in [2.75, 3.05) is 14.1 Å². The maximum absolute atomic E-state index is 14.4. The molecule has 0 N–H and O–H groups in total. The van der Waals surface area contributed by atoms with Crippen LogP contribution in [0.15, 0.2) is 12.1 Å². The molecule has 0 spiro atoms. The van der Waals surface area contributed by atoms with Gasteiger partial charge >= 0.3 is 7.12 Å². The van der Waals surface area contributed by atoms with E-state index in [0.29, 0.717) is 6.54 Å². The van der Waals surface area contributed by atoms with Gasteiger partial charge in [0.05, 0.1) is 11.2 Å². The Balaban J connectivity index is 2.31. The van der Waals surface area contributed by atoms with Crippen LogP contribution < -0.4 is 5.46 Å². The molecule has 2 rings (SSSR count). The van der Waals surface area contributed by atoms with E-state index in [4.69, 9.17) is 9.31 Å². The van der Waals surface area contributed by atoms with Crippen LogP contribution in [0.25, 0.3) is 0 Å². The lowest BCUT2D eigenvalue weighted by atomic mass is 9.77. The summed E-state index contributed by atoms with van der Waals surface area (Å²) in [5, 5.41) is 0. The van der Waals surface area contributed by atoms with Crippen molar-refractivity contribution in [1.82, 2.24) is 4.90 Å². The van der Waals surface area contributed by atoms with Crippen molar-refractivity contribution < 1.29 is 13.7 Å². The molecule has 5 heteroatoms. The van der Waals surface area contributed by atoms with Crippen LogP contribution in [-0.4, -0.2) is 37.3 Å². The summed E-state index contributed by atoms with van der Waals surface area (Å²) < 4.78 is 26.3. The predicted octanol–water partition coefficient (Wildman–Crippen LogP) is 2.49. The van der Waals surface area contributed by atoms with Crippen molar-refractivity contribution in [2.45, 2.75) is 52.4 Å². The van der Waals surface area contributed by atoms with Crippen LogP contribution in [0.5, 0.6) is 0 Å². The normalized spacial score (nSPS) is 20.3. The summed E-state index contributed by atoms with van der Waals surface area (Å²) >= 11 is 0. The summed E-state index contributed by atoms with van der Waals surface area (Å²) in [5.41, 5.74) is 1.56. The molecule has 0 unspecified atom stereocenters. The number of halogens is 1. The third-order valence-corrected chi connectivity index (χ3v) is 4.44. The Morgan fingerprint density at radius 2 is 1.62 bits per heavy atom. The molecule has 21 heavy (non-hydrogen) atoms. The molecule has 3 nitrogen and oxygen atoms in total. The highest BCUT2D eigenvalue weighted by molar-refractivity contribution is 6.62. The van der Waals surface area contributed by atoms with Crippen molar-refractivity contribution in [3.8, 4) is 0 Å². The maximum atomic E-state index is 14.4. The molecule has 0 atom stereocenters. The molecule has 0 amide bonds. The molecule has 0 radical (unpaired) electrons. The van der Waals surface area contributed by atoms with Crippen molar-refractivity contribution in [1.29, 1.82) is 0 Å². The molecule has 1 heterocycles. The van der Waals surface area contributed by atoms with Crippen LogP contribution in [0, 0.1) is 12.7 Å². The van der Waals surface area contributed by atoms with E-state index in [9.17, 15) is 4.39 Å². The standard InChI is InChI=1S/C16H25BFNO2/c1-11-8-12(9-14(18)13(11)10-19(6)7)17-20-15(2,3)16(4,5)21-17/h8-9H,10H2,1-7H3. The number of aryl methyl sites for hydroxylation is 1. The number of hydrogen-bond acceptors (Lipinski definition) is 3. The van der Waals surface area contributed by atoms with Gasteiger partial charge in [-0.05, 0) is 65.8 Å². The van der Waals surface area contributed by atoms with Crippen LogP contribution in [-0.2, 0) is 15.9 Å². The molecule has 1 aliphatic heterocycles. The largest absolute Gasteiger partial charge is 0.494 e. The predicted molar refractivity (Wildman–Crippen MR) is 84.2 cm³/mol. The Kier molecular flexibility index (Phi) is 4.22. The van der Waals surface area contributed by atoms with E-state index in [0.717, 1.165) is 16.6 Å². The highest BCUT2D eigenvalue weighted by atomic mass is 19.1. The number of rotatable bonds is 3. The molecule has 1 saturated heterocycles. The summed E-state index contributed by atoms with van der Waals surface area (Å²) in [6, 6.07) is 3.50. The zero-order valence-electron chi connectivity index (χ0n) is 14.1. The van der Waals surface area contributed by atoms with E-state index >= 15 is 0 Å². The topological polar surface area (TPSA) is 21.7 Å². The van der Waals surface area contributed by atoms with E-state index in [1.807, 2.05) is 59.7 Å². The minimum atomic E-state index is -0.517. The lowest BCUT2D eigenvalue weighted by molar-refractivity contribution is 0.00578. The Hall–Kier alpha value is -0.905. The van der Waals surface area contributed by atoms with Gasteiger partial charge in [-0.1, -0.05) is 6.07 Å². The molecule has 116 valence electrons. The van der Waals surface area contributed by atoms with E-state index in [2.05, 4.69) is 0 Å². The van der Waals surface area contributed by atoms with Gasteiger partial charge in [0.25, 0.3) is 0 Å². The molecule has 1 fully saturated rings. The highest BCUT2D eigenvalue weighted by Crippen LogP contribution is 2.36. The van der Waals surface area contributed by atoms with Crippen LogP contribution in [0.3, 0.4) is 0 Å². The Bertz CT molecular complexity index is 504. The molecular formula is C16H25BFNO2. The molecule has 0 aliphatic carbocycles. The summed E-state index contributed by atoms with van der Waals surface area (Å²) in [4.78, 5) is 1.96. The van der Waals surface area contributed by atoms with E-state index in [1.54, 1.807) is 0 Å². The van der Waals surface area contributed by atoms with Crippen LogP contribution in [0.1, 0.15) is 38.8 Å². The van der Waals surface area contributed by atoms with Crippen LogP contribution in [0.4, 0.5) is 4.39 Å². The van der Waals surface area contributed by atoms with Crippen molar-refractivity contribution in [3.63, 3.8) is 0 Å². The first-order chi connectivity index (χ1) is 9.53. The van der Waals surface area contributed by atoms with Crippen molar-refractivity contribution in [3.05, 3.63) is 29.1 Å². The zero-order valence-corrected chi connectivity index (χ0v) is 14.1. The lowest BCUT2D eigenvalue weighted by Crippen LogP contribution is -2.41. The maximum Gasteiger partial charge on any atom is 0.494 e. The van der Waals surface area contributed by atoms with Gasteiger partial charge in [0.15, 0.2) is 0 Å². The summed E-state index contributed by atoms with van der Waals surface area (Å²) in [6.07, 6.45) is 0. The fourth-order valence-corrected chi connectivity index (χ4v) is 2.43. The monoisotopic (exact) mass is 293 g/mol. The first-order valence-corrected chi connectivity index (χ1v) is 7.33. The highest BCUT2D eigenvalue weighted by Gasteiger charge is 2.51. The van der Waals surface area contributed by atoms with Gasteiger partial charge in [0, 0.05) is 12.1 Å². The van der Waals surface area contributed by atoms with Gasteiger partial charge < -0.3 is 14.2 Å². The Morgan fingerprint density at radius 3 is 2.05 bits per heavy atom. The molecule has 0 saturated carbocycles. The van der Waals surface area contributed by atoms with Crippen molar-refractivity contribution >= 4 is 12.6 Å². The second-order valence-electron chi connectivity index (χ2n) is 7.12. The molecule has 1 aliphatic rings. The molecule has 0 bridgehead atoms. The summed E-state index contributed by atoms with van der Waals surface area (Å²) in [7, 11) is 3.35. The second kappa shape index (κ2) is 5.38. The van der Waals surface area contributed by atoms with E-state index < -0.39 is 18.3 Å². The smallest absolute Gasteiger partial charge is 0.399 e. The molecule has 1 aromatic carbocycles. The van der Waals surface area contributed by atoms with Gasteiger partial charge in [-0.3, -0.25) is 0 Å². The van der Waals surface area contributed by atoms with Crippen molar-refractivity contribution in [2.24, 2.45) is 0 Å². The third kappa shape index (κ3) is 3.15. The van der Waals surface area contributed by atoms with E-state index in [1.165, 1.54) is 6.07 Å². The van der Waals surface area contributed by atoms with Gasteiger partial charge in [0.2, 0.25) is 0 Å². The Labute approximate surface area is 127 Å². The van der Waals surface area contributed by atoms with Gasteiger partial charge in [-0.15, -0.1) is 0 Å². The number of benzene rings is 1. The fourth-order valence-electron chi connectivity index (χ4n) is 2.43. The van der Waals surface area contributed by atoms with Crippen LogP contribution in [0.2, 0.25) is 0 Å². The van der Waals surface area contributed by atoms with Gasteiger partial charge in [0.1, 0.15) is 5.82 Å². The molecule has 1 aromatic rings. The SMILES string of the molecule is Cc1cc(B2OC(C)(C)C(C)(C)O2)cc(F)c1CN(C)C. The van der Waals surface area contributed by atoms with Crippen LogP contribution >= 0.6 is 0 Å². The average molecular weight is 293 g/mol. The fraction of sp³-hybridized carbons (Fsp3) is 0.625.